The molecule has 0 saturated carbocycles. The van der Waals surface area contributed by atoms with E-state index in [1.165, 1.54) is 11.6 Å². The monoisotopic (exact) mass is 539 g/mol. The molecule has 5 rings (SSSR count). The molecule has 0 aliphatic heterocycles. The molecule has 162 valence electrons. The largest absolute Gasteiger partial charge is 0.306 e. The maximum absolute atomic E-state index is 14.1. The van der Waals surface area contributed by atoms with E-state index in [1.54, 1.807) is 12.3 Å². The van der Waals surface area contributed by atoms with Gasteiger partial charge in [-0.15, -0.1) is 0 Å². The molecule has 1 aromatic carbocycles. The van der Waals surface area contributed by atoms with Gasteiger partial charge in [0.2, 0.25) is 0 Å². The Bertz CT molecular complexity index is 1330. The van der Waals surface area contributed by atoms with Gasteiger partial charge in [-0.25, -0.2) is 9.37 Å². The maximum Gasteiger partial charge on any atom is 0.137 e. The summed E-state index contributed by atoms with van der Waals surface area (Å²) in [5, 5.41) is 7.20. The number of allylic oxidation sites excluding steroid dienone is 1. The third-order valence-corrected chi connectivity index (χ3v) is 7.02. The summed E-state index contributed by atoms with van der Waals surface area (Å²) in [4.78, 5) is 11.8. The summed E-state index contributed by atoms with van der Waals surface area (Å²) in [7, 11) is 4.28. The van der Waals surface area contributed by atoms with E-state index in [9.17, 15) is 4.39 Å². The van der Waals surface area contributed by atoms with Gasteiger partial charge in [0.05, 0.1) is 28.6 Å². The molecule has 0 fully saturated rings. The Hall–Kier alpha value is -2.65. The fourth-order valence-electron chi connectivity index (χ4n) is 4.24. The molecule has 3 aromatic heterocycles. The highest BCUT2D eigenvalue weighted by Gasteiger charge is 2.18. The first kappa shape index (κ1) is 21.2. The molecule has 1 aliphatic rings. The van der Waals surface area contributed by atoms with E-state index in [1.807, 2.05) is 47.0 Å². The van der Waals surface area contributed by atoms with Crippen LogP contribution in [0.2, 0.25) is 0 Å². The molecule has 0 spiro atoms. The summed E-state index contributed by atoms with van der Waals surface area (Å²) >= 11 is 1.99. The lowest BCUT2D eigenvalue weighted by atomic mass is 9.91. The van der Waals surface area contributed by atoms with Gasteiger partial charge in [0, 0.05) is 26.9 Å². The van der Waals surface area contributed by atoms with Crippen molar-refractivity contribution in [3.63, 3.8) is 0 Å². The molecule has 4 aromatic rings. The second-order valence-electron chi connectivity index (χ2n) is 8.37. The molecular formula is C25H23FIN5. The molecule has 0 radical (unpaired) electrons. The van der Waals surface area contributed by atoms with Crippen molar-refractivity contribution in [3.05, 3.63) is 69.8 Å². The number of aromatic nitrogens is 4. The Labute approximate surface area is 199 Å². The number of fused-ring (bicyclic) bond motifs is 1. The summed E-state index contributed by atoms with van der Waals surface area (Å²) < 4.78 is 14.7. The number of halogens is 2. The van der Waals surface area contributed by atoms with Gasteiger partial charge in [0.15, 0.2) is 0 Å². The van der Waals surface area contributed by atoms with E-state index in [4.69, 9.17) is 4.98 Å². The van der Waals surface area contributed by atoms with Crippen LogP contribution in [0.3, 0.4) is 0 Å². The number of pyridine rings is 2. The fourth-order valence-corrected chi connectivity index (χ4v) is 4.57. The van der Waals surface area contributed by atoms with Crippen molar-refractivity contribution in [2.24, 2.45) is 0 Å². The molecule has 1 unspecified atom stereocenters. The normalized spacial score (nSPS) is 16.5. The molecule has 5 nitrogen and oxygen atoms in total. The van der Waals surface area contributed by atoms with E-state index in [-0.39, 0.29) is 5.82 Å². The number of rotatable bonds is 4. The lowest BCUT2D eigenvalue weighted by molar-refractivity contribution is 0.277. The minimum absolute atomic E-state index is 0.249. The quantitative estimate of drug-likeness (QED) is 0.327. The second kappa shape index (κ2) is 8.71. The zero-order valence-electron chi connectivity index (χ0n) is 17.9. The fraction of sp³-hybridized carbons (Fsp3) is 0.240. The van der Waals surface area contributed by atoms with Crippen molar-refractivity contribution < 1.29 is 4.39 Å². The topological polar surface area (TPSA) is 57.7 Å². The van der Waals surface area contributed by atoms with Gasteiger partial charge in [-0.1, -0.05) is 12.1 Å². The molecule has 7 heteroatoms. The first-order valence-electron chi connectivity index (χ1n) is 10.6. The Morgan fingerprint density at radius 1 is 1.06 bits per heavy atom. The van der Waals surface area contributed by atoms with Crippen molar-refractivity contribution in [2.45, 2.75) is 25.3 Å². The highest BCUT2D eigenvalue weighted by Crippen LogP contribution is 2.33. The van der Waals surface area contributed by atoms with E-state index >= 15 is 0 Å². The van der Waals surface area contributed by atoms with E-state index < -0.39 is 0 Å². The van der Waals surface area contributed by atoms with Gasteiger partial charge in [0.25, 0.3) is 0 Å². The smallest absolute Gasteiger partial charge is 0.137 e. The predicted molar refractivity (Wildman–Crippen MR) is 135 cm³/mol. The second-order valence-corrected chi connectivity index (χ2v) is 9.53. The van der Waals surface area contributed by atoms with Crippen molar-refractivity contribution in [1.29, 1.82) is 0 Å². The van der Waals surface area contributed by atoms with Crippen LogP contribution in [0.4, 0.5) is 4.39 Å². The molecule has 32 heavy (non-hydrogen) atoms. The first-order valence-corrected chi connectivity index (χ1v) is 11.7. The van der Waals surface area contributed by atoms with Crippen LogP contribution in [0.15, 0.2) is 54.9 Å². The number of benzene rings is 1. The number of hydrogen-bond acceptors (Lipinski definition) is 4. The SMILES string of the molecule is CN(C)C1CC=C(c2cnc3ccc(-c4cn[nH]c4-c4ccc(I)c(F)c4)nc3c2)CC1. The zero-order valence-corrected chi connectivity index (χ0v) is 20.1. The lowest BCUT2D eigenvalue weighted by Crippen LogP contribution is -2.28. The number of nitrogens with one attached hydrogen (secondary N) is 1. The van der Waals surface area contributed by atoms with E-state index in [2.05, 4.69) is 46.3 Å². The first-order chi connectivity index (χ1) is 15.5. The van der Waals surface area contributed by atoms with E-state index in [0.29, 0.717) is 9.61 Å². The van der Waals surface area contributed by atoms with Crippen molar-refractivity contribution in [2.75, 3.05) is 14.1 Å². The number of hydrogen-bond donors (Lipinski definition) is 1. The van der Waals surface area contributed by atoms with Crippen LogP contribution < -0.4 is 0 Å². The maximum atomic E-state index is 14.1. The minimum atomic E-state index is -0.249. The summed E-state index contributed by atoms with van der Waals surface area (Å²) in [6.07, 6.45) is 9.26. The molecule has 1 N–H and O–H groups in total. The van der Waals surface area contributed by atoms with Gasteiger partial charge in [-0.05, 0) is 97.4 Å². The average Bonchev–Trinajstić information content (AvgIpc) is 3.30. The number of aromatic amines is 1. The van der Waals surface area contributed by atoms with Crippen LogP contribution in [0, 0.1) is 9.39 Å². The summed E-state index contributed by atoms with van der Waals surface area (Å²) in [6, 6.07) is 11.8. The zero-order chi connectivity index (χ0) is 22.2. The number of nitrogens with zero attached hydrogens (tertiary/aromatic N) is 4. The van der Waals surface area contributed by atoms with Gasteiger partial charge < -0.3 is 4.90 Å². The highest BCUT2D eigenvalue weighted by atomic mass is 127. The third-order valence-electron chi connectivity index (χ3n) is 6.15. The van der Waals surface area contributed by atoms with Crippen molar-refractivity contribution in [1.82, 2.24) is 25.1 Å². The third kappa shape index (κ3) is 4.06. The lowest BCUT2D eigenvalue weighted by Gasteiger charge is -2.27. The van der Waals surface area contributed by atoms with Gasteiger partial charge in [-0.3, -0.25) is 10.1 Å². The molecule has 0 saturated heterocycles. The van der Waals surface area contributed by atoms with Crippen LogP contribution >= 0.6 is 22.6 Å². The van der Waals surface area contributed by atoms with Crippen molar-refractivity contribution in [3.8, 4) is 22.5 Å². The molecule has 0 amide bonds. The standard InChI is InChI=1S/C25H23FIN5/c1-32(2)18-6-3-15(4-7-18)17-12-24-23(28-13-17)10-9-22(30-24)19-14-29-31-25(19)16-5-8-21(27)20(26)11-16/h3,5,8-14,18H,4,6-7H2,1-2H3,(H,29,31). The van der Waals surface area contributed by atoms with Crippen LogP contribution in [0.25, 0.3) is 39.1 Å². The van der Waals surface area contributed by atoms with Gasteiger partial charge in [-0.2, -0.15) is 5.10 Å². The molecule has 1 atom stereocenters. The minimum Gasteiger partial charge on any atom is -0.306 e. The summed E-state index contributed by atoms with van der Waals surface area (Å²) in [5.74, 6) is -0.249. The van der Waals surface area contributed by atoms with Crippen LogP contribution in [0.5, 0.6) is 0 Å². The number of H-pyrrole nitrogens is 1. The Balaban J connectivity index is 1.51. The predicted octanol–water partition coefficient (Wildman–Crippen LogP) is 5.93. The Kier molecular flexibility index (Phi) is 5.77. The van der Waals surface area contributed by atoms with Gasteiger partial charge in [0.1, 0.15) is 5.82 Å². The van der Waals surface area contributed by atoms with Crippen LogP contribution in [-0.2, 0) is 0 Å². The van der Waals surface area contributed by atoms with Crippen molar-refractivity contribution >= 4 is 39.2 Å². The van der Waals surface area contributed by atoms with Gasteiger partial charge >= 0.3 is 0 Å². The van der Waals surface area contributed by atoms with Crippen LogP contribution in [-0.4, -0.2) is 45.2 Å². The Morgan fingerprint density at radius 3 is 2.69 bits per heavy atom. The molecule has 3 heterocycles. The van der Waals surface area contributed by atoms with Crippen LogP contribution in [0.1, 0.15) is 24.8 Å². The molecule has 0 bridgehead atoms. The van der Waals surface area contributed by atoms with E-state index in [0.717, 1.165) is 58.4 Å². The Morgan fingerprint density at radius 2 is 1.94 bits per heavy atom. The summed E-state index contributed by atoms with van der Waals surface area (Å²) in [5.41, 5.74) is 7.28. The molecular weight excluding hydrogens is 516 g/mol. The summed E-state index contributed by atoms with van der Waals surface area (Å²) in [6.45, 7) is 0. The average molecular weight is 539 g/mol. The highest BCUT2D eigenvalue weighted by molar-refractivity contribution is 14.1. The molecule has 1 aliphatic carbocycles.